The van der Waals surface area contributed by atoms with Crippen LogP contribution in [-0.2, 0) is 9.53 Å². The van der Waals surface area contributed by atoms with Crippen LogP contribution in [0.15, 0.2) is 34.4 Å². The highest BCUT2D eigenvalue weighted by Gasteiger charge is 2.12. The van der Waals surface area contributed by atoms with E-state index < -0.39 is 0 Å². The zero-order chi connectivity index (χ0) is 16.5. The van der Waals surface area contributed by atoms with Crippen LogP contribution in [0.1, 0.15) is 73.1 Å². The van der Waals surface area contributed by atoms with Crippen LogP contribution in [0.5, 0.6) is 0 Å². The highest BCUT2D eigenvalue weighted by molar-refractivity contribution is 5.83. The molecule has 0 fully saturated rings. The molecule has 0 radical (unpaired) electrons. The fourth-order valence-electron chi connectivity index (χ4n) is 2.80. The van der Waals surface area contributed by atoms with Crippen LogP contribution in [0.3, 0.4) is 0 Å². The second-order valence-electron chi connectivity index (χ2n) is 6.76. The molecule has 0 heterocycles. The molecule has 1 aliphatic rings. The van der Waals surface area contributed by atoms with Gasteiger partial charge >= 0.3 is 5.97 Å². The van der Waals surface area contributed by atoms with Crippen molar-refractivity contribution in [1.29, 1.82) is 0 Å². The molecule has 0 aromatic heterocycles. The van der Waals surface area contributed by atoms with E-state index in [0.29, 0.717) is 12.5 Å². The second-order valence-corrected chi connectivity index (χ2v) is 6.76. The summed E-state index contributed by atoms with van der Waals surface area (Å²) in [5.74, 6) is 0.490. The molecule has 2 nitrogen and oxygen atoms in total. The monoisotopic (exact) mass is 304 g/mol. The van der Waals surface area contributed by atoms with E-state index in [1.807, 2.05) is 6.92 Å². The van der Waals surface area contributed by atoms with E-state index in [1.165, 1.54) is 36.0 Å². The number of esters is 1. The lowest BCUT2D eigenvalue weighted by Crippen LogP contribution is -2.05. The average Bonchev–Trinajstić information content (AvgIpc) is 2.45. The minimum atomic E-state index is -0.206. The van der Waals surface area contributed by atoms with Gasteiger partial charge in [-0.05, 0) is 77.7 Å². The molecule has 1 atom stereocenters. The van der Waals surface area contributed by atoms with Crippen molar-refractivity contribution in [2.75, 3.05) is 6.61 Å². The van der Waals surface area contributed by atoms with Gasteiger partial charge < -0.3 is 4.74 Å². The van der Waals surface area contributed by atoms with Gasteiger partial charge in [0.15, 0.2) is 0 Å². The molecule has 0 N–H and O–H groups in total. The Morgan fingerprint density at radius 2 is 2.05 bits per heavy atom. The molecule has 1 unspecified atom stereocenters. The molecular weight excluding hydrogens is 272 g/mol. The molecule has 124 valence electrons. The van der Waals surface area contributed by atoms with Gasteiger partial charge in [0.1, 0.15) is 0 Å². The Labute approximate surface area is 136 Å². The summed E-state index contributed by atoms with van der Waals surface area (Å²) in [6.07, 6.45) is 10.8. The standard InChI is InChI=1S/C20H32O2/c1-6-22-20(21)14-19-9-7-8-18(13-19)12-16(4)10-11-17(5)15(2)3/h13-14,16H,6-12H2,1-5H3. The summed E-state index contributed by atoms with van der Waals surface area (Å²) in [7, 11) is 0. The van der Waals surface area contributed by atoms with Crippen LogP contribution >= 0.6 is 0 Å². The lowest BCUT2D eigenvalue weighted by atomic mass is 9.87. The van der Waals surface area contributed by atoms with Gasteiger partial charge in [-0.25, -0.2) is 4.79 Å². The number of hydrogen-bond acceptors (Lipinski definition) is 2. The molecule has 0 amide bonds. The third-order valence-electron chi connectivity index (χ3n) is 4.42. The Morgan fingerprint density at radius 1 is 1.32 bits per heavy atom. The number of hydrogen-bond donors (Lipinski definition) is 0. The maximum absolute atomic E-state index is 11.5. The maximum atomic E-state index is 11.5. The number of ether oxygens (including phenoxy) is 1. The molecule has 0 spiro atoms. The van der Waals surface area contributed by atoms with Gasteiger partial charge in [0.05, 0.1) is 6.61 Å². The number of rotatable bonds is 7. The van der Waals surface area contributed by atoms with E-state index in [-0.39, 0.29) is 5.97 Å². The van der Waals surface area contributed by atoms with Crippen LogP contribution in [0.4, 0.5) is 0 Å². The highest BCUT2D eigenvalue weighted by atomic mass is 16.5. The van der Waals surface area contributed by atoms with Gasteiger partial charge in [0, 0.05) is 6.08 Å². The van der Waals surface area contributed by atoms with Crippen LogP contribution in [0.2, 0.25) is 0 Å². The van der Waals surface area contributed by atoms with Crippen LogP contribution in [0, 0.1) is 5.92 Å². The van der Waals surface area contributed by atoms with Gasteiger partial charge in [0.25, 0.3) is 0 Å². The van der Waals surface area contributed by atoms with Crippen molar-refractivity contribution in [3.8, 4) is 0 Å². The smallest absolute Gasteiger partial charge is 0.331 e. The third kappa shape index (κ3) is 7.11. The Hall–Kier alpha value is -1.31. The van der Waals surface area contributed by atoms with Crippen molar-refractivity contribution in [2.45, 2.75) is 73.1 Å². The van der Waals surface area contributed by atoms with E-state index >= 15 is 0 Å². The largest absolute Gasteiger partial charge is 0.463 e. The first-order valence-electron chi connectivity index (χ1n) is 8.62. The first-order valence-corrected chi connectivity index (χ1v) is 8.62. The van der Waals surface area contributed by atoms with Crippen molar-refractivity contribution in [1.82, 2.24) is 0 Å². The summed E-state index contributed by atoms with van der Waals surface area (Å²) in [5.41, 5.74) is 5.59. The number of carbonyl (C=O) groups is 1. The fraction of sp³-hybridized carbons (Fsp3) is 0.650. The van der Waals surface area contributed by atoms with Gasteiger partial charge in [0.2, 0.25) is 0 Å². The topological polar surface area (TPSA) is 26.3 Å². The molecule has 0 saturated heterocycles. The fourth-order valence-corrected chi connectivity index (χ4v) is 2.80. The Kier molecular flexibility index (Phi) is 8.22. The molecule has 0 aromatic rings. The van der Waals surface area contributed by atoms with Gasteiger partial charge in [-0.1, -0.05) is 29.7 Å². The predicted octanol–water partition coefficient (Wildman–Crippen LogP) is 5.75. The average molecular weight is 304 g/mol. The van der Waals surface area contributed by atoms with Gasteiger partial charge in [-0.2, -0.15) is 0 Å². The predicted molar refractivity (Wildman–Crippen MR) is 93.7 cm³/mol. The summed E-state index contributed by atoms with van der Waals surface area (Å²) >= 11 is 0. The third-order valence-corrected chi connectivity index (χ3v) is 4.42. The SMILES string of the molecule is CCOC(=O)C=C1C=C(CC(C)CCC(C)=C(C)C)CCC1. The van der Waals surface area contributed by atoms with Gasteiger partial charge in [-0.15, -0.1) is 0 Å². The van der Waals surface area contributed by atoms with E-state index in [1.54, 1.807) is 6.08 Å². The normalized spacial score (nSPS) is 17.9. The van der Waals surface area contributed by atoms with E-state index in [9.17, 15) is 4.79 Å². The molecule has 0 bridgehead atoms. The van der Waals surface area contributed by atoms with Crippen LogP contribution in [0.25, 0.3) is 0 Å². The Morgan fingerprint density at radius 3 is 2.68 bits per heavy atom. The van der Waals surface area contributed by atoms with Crippen molar-refractivity contribution in [3.05, 3.63) is 34.4 Å². The van der Waals surface area contributed by atoms with Crippen molar-refractivity contribution < 1.29 is 9.53 Å². The number of carbonyl (C=O) groups excluding carboxylic acids is 1. The molecule has 0 saturated carbocycles. The zero-order valence-corrected chi connectivity index (χ0v) is 15.0. The van der Waals surface area contributed by atoms with E-state index in [4.69, 9.17) is 4.74 Å². The second kappa shape index (κ2) is 9.66. The summed E-state index contributed by atoms with van der Waals surface area (Å²) in [5, 5.41) is 0. The molecule has 0 aliphatic heterocycles. The Balaban J connectivity index is 2.55. The lowest BCUT2D eigenvalue weighted by molar-refractivity contribution is -0.137. The summed E-state index contributed by atoms with van der Waals surface area (Å²) in [4.78, 5) is 11.5. The molecule has 1 rings (SSSR count). The molecule has 1 aliphatic carbocycles. The van der Waals surface area contributed by atoms with E-state index in [0.717, 1.165) is 24.8 Å². The van der Waals surface area contributed by atoms with Crippen molar-refractivity contribution in [3.63, 3.8) is 0 Å². The minimum absolute atomic E-state index is 0.206. The Bertz CT molecular complexity index is 462. The summed E-state index contributed by atoms with van der Waals surface area (Å²) < 4.78 is 5.00. The summed E-state index contributed by atoms with van der Waals surface area (Å²) in [6, 6.07) is 0. The molecular formula is C20H32O2. The molecule has 2 heteroatoms. The minimum Gasteiger partial charge on any atom is -0.463 e. The van der Waals surface area contributed by atoms with Crippen LogP contribution < -0.4 is 0 Å². The van der Waals surface area contributed by atoms with Crippen molar-refractivity contribution >= 4 is 5.97 Å². The first-order chi connectivity index (χ1) is 10.4. The molecule has 22 heavy (non-hydrogen) atoms. The maximum Gasteiger partial charge on any atom is 0.331 e. The lowest BCUT2D eigenvalue weighted by Gasteiger charge is -2.19. The highest BCUT2D eigenvalue weighted by Crippen LogP contribution is 2.29. The molecule has 0 aromatic carbocycles. The summed E-state index contributed by atoms with van der Waals surface area (Å²) in [6.45, 7) is 11.2. The number of allylic oxidation sites excluding steroid dienone is 5. The van der Waals surface area contributed by atoms with E-state index in [2.05, 4.69) is 33.8 Å². The first kappa shape index (κ1) is 18.7. The quantitative estimate of drug-likeness (QED) is 0.340. The zero-order valence-electron chi connectivity index (χ0n) is 15.0. The van der Waals surface area contributed by atoms with Crippen molar-refractivity contribution in [2.24, 2.45) is 5.92 Å². The van der Waals surface area contributed by atoms with Crippen LogP contribution in [-0.4, -0.2) is 12.6 Å². The van der Waals surface area contributed by atoms with Gasteiger partial charge in [-0.3, -0.25) is 0 Å².